The third-order valence-corrected chi connectivity index (χ3v) is 4.23. The number of hydrogen-bond donors (Lipinski definition) is 2. The van der Waals surface area contributed by atoms with Crippen LogP contribution in [0.5, 0.6) is 0 Å². The van der Waals surface area contributed by atoms with Crippen molar-refractivity contribution in [1.29, 1.82) is 0 Å². The van der Waals surface area contributed by atoms with Gasteiger partial charge < -0.3 is 10.2 Å². The second kappa shape index (κ2) is 7.70. The molecule has 2 rings (SSSR count). The van der Waals surface area contributed by atoms with Crippen molar-refractivity contribution < 1.29 is 4.79 Å². The first-order valence-corrected chi connectivity index (χ1v) is 7.93. The fraction of sp³-hybridized carbons (Fsp3) is 0.562. The molecule has 0 spiro atoms. The Hall–Kier alpha value is -1.00. The van der Waals surface area contributed by atoms with Crippen molar-refractivity contribution in [3.8, 4) is 0 Å². The zero-order chi connectivity index (χ0) is 14.4. The molecule has 1 aromatic rings. The van der Waals surface area contributed by atoms with Crippen molar-refractivity contribution >= 4 is 18.5 Å². The van der Waals surface area contributed by atoms with Gasteiger partial charge in [-0.25, -0.2) is 0 Å². The topological polar surface area (TPSA) is 32.3 Å². The van der Waals surface area contributed by atoms with Crippen LogP contribution in [-0.4, -0.2) is 36.5 Å². The molecule has 20 heavy (non-hydrogen) atoms. The monoisotopic (exact) mass is 292 g/mol. The van der Waals surface area contributed by atoms with Gasteiger partial charge in [0.2, 0.25) is 0 Å². The molecule has 0 aliphatic carbocycles. The summed E-state index contributed by atoms with van der Waals surface area (Å²) in [6, 6.07) is 8.04. The van der Waals surface area contributed by atoms with Crippen molar-refractivity contribution in [2.45, 2.75) is 43.5 Å². The summed E-state index contributed by atoms with van der Waals surface area (Å²) in [6.07, 6.45) is 4.98. The standard InChI is InChI=1S/C16H24N2OS/c1-13-6-2-3-10-18(13)11-5-9-17-16(19)14-7-4-8-15(20)12-14/h4,7-8,12-13,20H,2-3,5-6,9-11H2,1H3,(H,17,19). The van der Waals surface area contributed by atoms with Gasteiger partial charge in [0.1, 0.15) is 0 Å². The van der Waals surface area contributed by atoms with Gasteiger partial charge in [-0.15, -0.1) is 12.6 Å². The number of thiol groups is 1. The van der Waals surface area contributed by atoms with Crippen LogP contribution in [0.1, 0.15) is 43.0 Å². The van der Waals surface area contributed by atoms with Crippen LogP contribution in [0.4, 0.5) is 0 Å². The van der Waals surface area contributed by atoms with Crippen molar-refractivity contribution in [1.82, 2.24) is 10.2 Å². The molecule has 1 atom stereocenters. The number of nitrogens with one attached hydrogen (secondary N) is 1. The van der Waals surface area contributed by atoms with E-state index in [1.807, 2.05) is 18.2 Å². The van der Waals surface area contributed by atoms with Crippen LogP contribution in [-0.2, 0) is 0 Å². The quantitative estimate of drug-likeness (QED) is 0.646. The predicted octanol–water partition coefficient (Wildman–Crippen LogP) is 2.97. The summed E-state index contributed by atoms with van der Waals surface area (Å²) in [5.74, 6) is -0.00686. The van der Waals surface area contributed by atoms with Crippen LogP contribution < -0.4 is 5.32 Å². The molecular weight excluding hydrogens is 268 g/mol. The van der Waals surface area contributed by atoms with E-state index in [9.17, 15) is 4.79 Å². The van der Waals surface area contributed by atoms with Gasteiger partial charge in [0.15, 0.2) is 0 Å². The number of nitrogens with zero attached hydrogens (tertiary/aromatic N) is 1. The van der Waals surface area contributed by atoms with E-state index in [2.05, 4.69) is 29.8 Å². The molecular formula is C16H24N2OS. The van der Waals surface area contributed by atoms with E-state index in [1.165, 1.54) is 25.8 Å². The minimum Gasteiger partial charge on any atom is -0.352 e. The molecule has 3 nitrogen and oxygen atoms in total. The maximum atomic E-state index is 12.0. The van der Waals surface area contributed by atoms with E-state index in [0.717, 1.165) is 24.4 Å². The first-order valence-electron chi connectivity index (χ1n) is 7.48. The number of hydrogen-bond acceptors (Lipinski definition) is 3. The number of amides is 1. The highest BCUT2D eigenvalue weighted by molar-refractivity contribution is 7.80. The Morgan fingerprint density at radius 2 is 2.30 bits per heavy atom. The molecule has 4 heteroatoms. The molecule has 110 valence electrons. The molecule has 0 radical (unpaired) electrons. The summed E-state index contributed by atoms with van der Waals surface area (Å²) in [5, 5.41) is 2.98. The van der Waals surface area contributed by atoms with Crippen LogP contribution in [0.15, 0.2) is 29.2 Å². The van der Waals surface area contributed by atoms with Crippen LogP contribution in [0.2, 0.25) is 0 Å². The molecule has 1 unspecified atom stereocenters. The average molecular weight is 292 g/mol. The molecule has 0 bridgehead atoms. The van der Waals surface area contributed by atoms with Gasteiger partial charge in [0.05, 0.1) is 0 Å². The Balaban J connectivity index is 1.69. The van der Waals surface area contributed by atoms with Gasteiger partial charge in [0, 0.05) is 29.6 Å². The molecule has 1 saturated heterocycles. The summed E-state index contributed by atoms with van der Waals surface area (Å²) >= 11 is 4.25. The number of likely N-dealkylation sites (tertiary alicyclic amines) is 1. The molecule has 0 saturated carbocycles. The van der Waals surface area contributed by atoms with E-state index >= 15 is 0 Å². The van der Waals surface area contributed by atoms with Crippen molar-refractivity contribution in [3.05, 3.63) is 29.8 Å². The van der Waals surface area contributed by atoms with E-state index in [4.69, 9.17) is 0 Å². The highest BCUT2D eigenvalue weighted by atomic mass is 32.1. The lowest BCUT2D eigenvalue weighted by atomic mass is 10.0. The first-order chi connectivity index (χ1) is 9.66. The number of carbonyl (C=O) groups is 1. The zero-order valence-corrected chi connectivity index (χ0v) is 13.0. The van der Waals surface area contributed by atoms with Crippen LogP contribution in [0, 0.1) is 0 Å². The van der Waals surface area contributed by atoms with E-state index in [1.54, 1.807) is 6.07 Å². The molecule has 1 amide bonds. The van der Waals surface area contributed by atoms with Gasteiger partial charge in [-0.1, -0.05) is 12.5 Å². The minimum atomic E-state index is -0.00686. The Bertz CT molecular complexity index is 450. The Labute approximate surface area is 127 Å². The van der Waals surface area contributed by atoms with E-state index < -0.39 is 0 Å². The van der Waals surface area contributed by atoms with Gasteiger partial charge in [0.25, 0.3) is 5.91 Å². The SMILES string of the molecule is CC1CCCCN1CCCNC(=O)c1cccc(S)c1. The van der Waals surface area contributed by atoms with Gasteiger partial charge in [-0.05, 0) is 50.9 Å². The highest BCUT2D eigenvalue weighted by Crippen LogP contribution is 2.16. The summed E-state index contributed by atoms with van der Waals surface area (Å²) in [4.78, 5) is 15.3. The van der Waals surface area contributed by atoms with E-state index in [0.29, 0.717) is 11.6 Å². The predicted molar refractivity (Wildman–Crippen MR) is 85.5 cm³/mol. The summed E-state index contributed by atoms with van der Waals surface area (Å²) in [6.45, 7) is 5.32. The molecule has 1 N–H and O–H groups in total. The number of piperidine rings is 1. The minimum absolute atomic E-state index is 0.00686. The second-order valence-corrected chi connectivity index (χ2v) is 6.06. The highest BCUT2D eigenvalue weighted by Gasteiger charge is 2.17. The van der Waals surface area contributed by atoms with Crippen LogP contribution in [0.3, 0.4) is 0 Å². The number of benzene rings is 1. The number of rotatable bonds is 5. The summed E-state index contributed by atoms with van der Waals surface area (Å²) in [7, 11) is 0. The van der Waals surface area contributed by atoms with Crippen LogP contribution in [0.25, 0.3) is 0 Å². The smallest absolute Gasteiger partial charge is 0.251 e. The lowest BCUT2D eigenvalue weighted by Gasteiger charge is -2.33. The maximum absolute atomic E-state index is 12.0. The fourth-order valence-corrected chi connectivity index (χ4v) is 2.95. The molecule has 1 heterocycles. The Kier molecular flexibility index (Phi) is 5.92. The Morgan fingerprint density at radius 1 is 1.45 bits per heavy atom. The van der Waals surface area contributed by atoms with Gasteiger partial charge in [-0.3, -0.25) is 4.79 Å². The number of carbonyl (C=O) groups excluding carboxylic acids is 1. The van der Waals surface area contributed by atoms with Gasteiger partial charge in [-0.2, -0.15) is 0 Å². The molecule has 1 aliphatic heterocycles. The summed E-state index contributed by atoms with van der Waals surface area (Å²) < 4.78 is 0. The normalized spacial score (nSPS) is 19.8. The van der Waals surface area contributed by atoms with Crippen molar-refractivity contribution in [3.63, 3.8) is 0 Å². The Morgan fingerprint density at radius 3 is 3.05 bits per heavy atom. The molecule has 1 aliphatic rings. The third kappa shape index (κ3) is 4.53. The third-order valence-electron chi connectivity index (χ3n) is 3.96. The maximum Gasteiger partial charge on any atom is 0.251 e. The molecule has 0 aromatic heterocycles. The fourth-order valence-electron chi connectivity index (χ4n) is 2.72. The average Bonchev–Trinajstić information content (AvgIpc) is 2.45. The largest absolute Gasteiger partial charge is 0.352 e. The molecule has 1 fully saturated rings. The van der Waals surface area contributed by atoms with Gasteiger partial charge >= 0.3 is 0 Å². The second-order valence-electron chi connectivity index (χ2n) is 5.54. The zero-order valence-electron chi connectivity index (χ0n) is 12.1. The van der Waals surface area contributed by atoms with Crippen molar-refractivity contribution in [2.75, 3.05) is 19.6 Å². The first kappa shape index (κ1) is 15.4. The lowest BCUT2D eigenvalue weighted by molar-refractivity contribution is 0.0948. The molecule has 1 aromatic carbocycles. The lowest BCUT2D eigenvalue weighted by Crippen LogP contribution is -2.39. The van der Waals surface area contributed by atoms with E-state index in [-0.39, 0.29) is 5.91 Å². The van der Waals surface area contributed by atoms with Crippen LogP contribution >= 0.6 is 12.6 Å². The van der Waals surface area contributed by atoms with Crippen molar-refractivity contribution in [2.24, 2.45) is 0 Å². The summed E-state index contributed by atoms with van der Waals surface area (Å²) in [5.41, 5.74) is 0.684.